The van der Waals surface area contributed by atoms with Gasteiger partial charge in [0.05, 0.1) is 116 Å². The molecular formula is C61H86O19. The third kappa shape index (κ3) is 9.51. The molecule has 16 rings (SSSR count). The van der Waals surface area contributed by atoms with E-state index in [1.807, 2.05) is 0 Å². The number of esters is 1. The van der Waals surface area contributed by atoms with Gasteiger partial charge in [-0.2, -0.15) is 0 Å². The molecule has 16 heterocycles. The smallest absolute Gasteiger partial charge is 0.308 e. The van der Waals surface area contributed by atoms with E-state index in [1.165, 1.54) is 0 Å². The number of ketones is 1. The quantitative estimate of drug-likeness (QED) is 0.262. The van der Waals surface area contributed by atoms with Gasteiger partial charge < -0.3 is 81.3 Å². The molecule has 0 amide bonds. The molecule has 12 bridgehead atoms. The molecule has 0 aromatic heterocycles. The zero-order chi connectivity index (χ0) is 54.7. The zero-order valence-electron chi connectivity index (χ0n) is 47.1. The predicted molar refractivity (Wildman–Crippen MR) is 277 cm³/mol. The van der Waals surface area contributed by atoms with E-state index in [4.69, 9.17) is 71.1 Å². The number of rotatable bonds is 4. The van der Waals surface area contributed by atoms with Crippen molar-refractivity contribution >= 4 is 11.8 Å². The number of Topliss-reactive ketones (excluding diaryl/α,β-unsaturated/α-hetero) is 1. The van der Waals surface area contributed by atoms with Crippen LogP contribution in [0.5, 0.6) is 0 Å². The van der Waals surface area contributed by atoms with Crippen LogP contribution in [0.4, 0.5) is 0 Å². The molecule has 16 fully saturated rings. The first kappa shape index (κ1) is 54.6. The Hall–Kier alpha value is -2.02. The Kier molecular flexibility index (Phi) is 14.0. The van der Waals surface area contributed by atoms with Crippen LogP contribution in [-0.4, -0.2) is 192 Å². The fourth-order valence-electron chi connectivity index (χ4n) is 18.3. The second-order valence-corrected chi connectivity index (χ2v) is 27.7. The predicted octanol–water partition coefficient (Wildman–Crippen LogP) is 5.52. The summed E-state index contributed by atoms with van der Waals surface area (Å²) in [7, 11) is 0. The number of aliphatic hydroxyl groups is 2. The summed E-state index contributed by atoms with van der Waals surface area (Å²) < 4.78 is 104. The van der Waals surface area contributed by atoms with Crippen molar-refractivity contribution in [1.82, 2.24) is 0 Å². The minimum Gasteiger partial charge on any atom is -0.459 e. The molecular weight excluding hydrogens is 1040 g/mol. The highest BCUT2D eigenvalue weighted by Crippen LogP contribution is 2.58. The summed E-state index contributed by atoms with van der Waals surface area (Å²) in [4.78, 5) is 27.0. The summed E-state index contributed by atoms with van der Waals surface area (Å²) in [5.41, 5.74) is 2.15. The molecule has 80 heavy (non-hydrogen) atoms. The van der Waals surface area contributed by atoms with Crippen LogP contribution in [0, 0.1) is 23.7 Å². The van der Waals surface area contributed by atoms with Gasteiger partial charge in [0.2, 0.25) is 0 Å². The number of hydrogen-bond acceptors (Lipinski definition) is 19. The number of fused-ring (bicyclic) bond motifs is 10. The topological polar surface area (TPSA) is 213 Å². The average molecular weight is 1120 g/mol. The van der Waals surface area contributed by atoms with E-state index in [2.05, 4.69) is 40.9 Å². The summed E-state index contributed by atoms with van der Waals surface area (Å²) in [6.45, 7) is 17.6. The van der Waals surface area contributed by atoms with Crippen molar-refractivity contribution in [3.63, 3.8) is 0 Å². The summed E-state index contributed by atoms with van der Waals surface area (Å²) in [6, 6.07) is 0. The van der Waals surface area contributed by atoms with Crippen molar-refractivity contribution in [2.75, 3.05) is 6.61 Å². The van der Waals surface area contributed by atoms with Gasteiger partial charge in [-0.1, -0.05) is 40.9 Å². The highest BCUT2D eigenvalue weighted by Gasteiger charge is 2.70. The Morgan fingerprint density at radius 2 is 1.20 bits per heavy atom. The van der Waals surface area contributed by atoms with Gasteiger partial charge in [-0.05, 0) is 73.8 Å². The van der Waals surface area contributed by atoms with Gasteiger partial charge in [-0.3, -0.25) is 9.59 Å². The normalized spacial score (nSPS) is 56.9. The molecule has 16 saturated heterocycles. The number of hydrogen-bond donors (Lipinski definition) is 2. The number of carbonyl (C=O) groups is 2. The van der Waals surface area contributed by atoms with Gasteiger partial charge in [-0.15, -0.1) is 0 Å². The van der Waals surface area contributed by atoms with Crippen LogP contribution in [0.15, 0.2) is 24.3 Å². The van der Waals surface area contributed by atoms with Gasteiger partial charge in [-0.25, -0.2) is 0 Å². The van der Waals surface area contributed by atoms with E-state index >= 15 is 0 Å². The molecule has 3 spiro atoms. The molecule has 0 unspecified atom stereocenters. The molecule has 19 nitrogen and oxygen atoms in total. The Bertz CT molecular complexity index is 2410. The van der Waals surface area contributed by atoms with Gasteiger partial charge in [0.1, 0.15) is 42.4 Å². The molecule has 0 radical (unpaired) electrons. The lowest BCUT2D eigenvalue weighted by Gasteiger charge is -2.54. The first-order chi connectivity index (χ1) is 38.5. The monoisotopic (exact) mass is 1120 g/mol. The molecule has 16 aliphatic rings. The van der Waals surface area contributed by atoms with Crippen LogP contribution < -0.4 is 0 Å². The highest BCUT2D eigenvalue weighted by molar-refractivity contribution is 5.79. The molecule has 2 N–H and O–H groups in total. The van der Waals surface area contributed by atoms with Crippen LogP contribution in [0.25, 0.3) is 0 Å². The Morgan fingerprint density at radius 3 is 2.05 bits per heavy atom. The third-order valence-electron chi connectivity index (χ3n) is 22.0. The molecule has 0 aliphatic carbocycles. The minimum atomic E-state index is -0.939. The maximum atomic E-state index is 14.6. The Labute approximate surface area is 469 Å². The van der Waals surface area contributed by atoms with E-state index in [0.29, 0.717) is 64.2 Å². The maximum Gasteiger partial charge on any atom is 0.308 e. The molecule has 19 heteroatoms. The fraction of sp³-hybridized carbons (Fsp3) is 0.902. The second kappa shape index (κ2) is 20.6. The molecule has 31 atom stereocenters. The number of ether oxygens (including phenoxy) is 15. The summed E-state index contributed by atoms with van der Waals surface area (Å²) in [5, 5.41) is 20.4. The highest BCUT2D eigenvalue weighted by atomic mass is 16.8. The SMILES string of the molecule is C=C1C[C@@H]2CC[C@]34C[C@H]5O[C@H]6[C@@H](O3)[C@H]3O[C@H](CC[C@@H]3O[C@H]6[C@@H]5O4)CC(=O)O[C@@H]3[C@@H](C)[C@@H]4O[C@@H]5C[C@]6(C[C@@H]7O[C@]8(C[C@H](C)[C@@H]9O[C@H](CC(=O)CCO)[C@H](O)C[C@@H]9O8)C[C@H](C)[C@@H]7O6)O[C@@H]5C[C@@H]4O[C@H]3C[C@H]3O[C@@H](CC[C@@H]1O2)C[C@@H](C)C3=C. The molecule has 0 aromatic carbocycles. The lowest BCUT2D eigenvalue weighted by molar-refractivity contribution is -0.371. The molecule has 16 aliphatic heterocycles. The van der Waals surface area contributed by atoms with Crippen LogP contribution in [0.1, 0.15) is 150 Å². The van der Waals surface area contributed by atoms with E-state index in [0.717, 1.165) is 49.7 Å². The van der Waals surface area contributed by atoms with Gasteiger partial charge in [0.15, 0.2) is 17.4 Å². The van der Waals surface area contributed by atoms with Crippen molar-refractivity contribution in [1.29, 1.82) is 0 Å². The first-order valence-corrected chi connectivity index (χ1v) is 31.2. The lowest BCUT2D eigenvalue weighted by atomic mass is 9.78. The van der Waals surface area contributed by atoms with E-state index < -0.39 is 66.2 Å². The van der Waals surface area contributed by atoms with Crippen molar-refractivity contribution in [3.05, 3.63) is 24.3 Å². The van der Waals surface area contributed by atoms with Crippen LogP contribution in [0.3, 0.4) is 0 Å². The van der Waals surface area contributed by atoms with Gasteiger partial charge in [0, 0.05) is 83.2 Å². The largest absolute Gasteiger partial charge is 0.459 e. The van der Waals surface area contributed by atoms with E-state index in [9.17, 15) is 19.8 Å². The van der Waals surface area contributed by atoms with Gasteiger partial charge in [0.25, 0.3) is 0 Å². The van der Waals surface area contributed by atoms with Gasteiger partial charge >= 0.3 is 5.97 Å². The Balaban J connectivity index is 0.652. The summed E-state index contributed by atoms with van der Waals surface area (Å²) in [6.07, 6.45) is 2.59. The zero-order valence-corrected chi connectivity index (χ0v) is 47.1. The summed E-state index contributed by atoms with van der Waals surface area (Å²) in [5.74, 6) is -3.05. The molecule has 444 valence electrons. The van der Waals surface area contributed by atoms with Crippen LogP contribution >= 0.6 is 0 Å². The first-order valence-electron chi connectivity index (χ1n) is 31.2. The minimum absolute atomic E-state index is 0.0122. The Morgan fingerprint density at radius 1 is 0.525 bits per heavy atom. The maximum absolute atomic E-state index is 14.6. The standard InChI is InChI=1S/C61H86O19/c1-27-15-34-7-9-38-28(2)16-36(66-38)11-13-59-25-47-55(79-59)56-57(73-47)58(80-59)54-39(70-56)10-8-35(68-54)18-49(65)74-53-32(6)52-44(69-43(53)20-40(67-34)31(27)5)21-42-46(72-52)24-61(75-42)26-48-51(78-61)30(4)23-60(77-48)22-29(3)50-45(76-60)19-37(64)41(71-50)17-33(63)12-14-62/h27,29-30,32,34-48,50-58,62,64H,2,5,7-26H2,1,3-4,6H3/t27-,29+,30+,32+,34+,35-,36+,37-,38+,39+,40-,41-,42-,43+,44+,45+,46-,47-,48+,50+,51+,52+,53-,54+,55-,56+,57-,58+,59-,60-,61+/m1/s1. The van der Waals surface area contributed by atoms with Crippen LogP contribution in [-0.2, 0) is 80.6 Å². The average Bonchev–Trinajstić information content (AvgIpc) is 4.25. The number of carbonyl (C=O) groups excluding carboxylic acids is 2. The third-order valence-corrected chi connectivity index (χ3v) is 22.0. The lowest BCUT2D eigenvalue weighted by Crippen LogP contribution is -2.62. The van der Waals surface area contributed by atoms with E-state index in [1.54, 1.807) is 0 Å². The van der Waals surface area contributed by atoms with Crippen LogP contribution in [0.2, 0.25) is 0 Å². The van der Waals surface area contributed by atoms with Crippen molar-refractivity contribution in [2.45, 2.75) is 314 Å². The van der Waals surface area contributed by atoms with Crippen molar-refractivity contribution < 1.29 is 90.9 Å². The van der Waals surface area contributed by atoms with Crippen molar-refractivity contribution in [3.8, 4) is 0 Å². The number of aliphatic hydroxyl groups excluding tert-OH is 2. The summed E-state index contributed by atoms with van der Waals surface area (Å²) >= 11 is 0. The van der Waals surface area contributed by atoms with E-state index in [-0.39, 0.29) is 159 Å². The molecule has 0 aromatic rings. The molecule has 0 saturated carbocycles. The van der Waals surface area contributed by atoms with Crippen molar-refractivity contribution in [2.24, 2.45) is 23.7 Å². The fourth-order valence-corrected chi connectivity index (χ4v) is 18.3. The second-order valence-electron chi connectivity index (χ2n) is 27.7.